The van der Waals surface area contributed by atoms with Crippen LogP contribution in [0.1, 0.15) is 37.8 Å². The second-order valence-corrected chi connectivity index (χ2v) is 5.67. The van der Waals surface area contributed by atoms with Gasteiger partial charge in [-0.1, -0.05) is 32.4 Å². The van der Waals surface area contributed by atoms with Crippen LogP contribution in [-0.4, -0.2) is 23.6 Å². The lowest BCUT2D eigenvalue weighted by Crippen LogP contribution is -2.19. The lowest BCUT2D eigenvalue weighted by atomic mass is 10.1. The Kier molecular flexibility index (Phi) is 6.22. The van der Waals surface area contributed by atoms with Gasteiger partial charge < -0.3 is 9.64 Å². The highest BCUT2D eigenvalue weighted by molar-refractivity contribution is 5.63. The fraction of sp³-hybridized carbons (Fsp3) is 0.444. The van der Waals surface area contributed by atoms with Crippen LogP contribution in [0.25, 0.3) is 0 Å². The minimum Gasteiger partial charge on any atom is -0.463 e. The highest BCUT2D eigenvalue weighted by Gasteiger charge is 2.36. The molecule has 1 heterocycles. The number of aryl methyl sites for hydroxylation is 1. The Labute approximate surface area is 145 Å². The highest BCUT2D eigenvalue weighted by Crippen LogP contribution is 2.37. The molecule has 0 fully saturated rings. The van der Waals surface area contributed by atoms with E-state index in [1.807, 2.05) is 26.0 Å². The number of hydrogen-bond donors (Lipinski definition) is 0. The molecular weight excluding hydrogens is 331 g/mol. The van der Waals surface area contributed by atoms with Crippen molar-refractivity contribution in [2.45, 2.75) is 39.3 Å². The quantitative estimate of drug-likeness (QED) is 0.656. The Bertz CT molecular complexity index is 687. The van der Waals surface area contributed by atoms with Crippen molar-refractivity contribution >= 4 is 11.5 Å². The molecule has 1 aromatic carbocycles. The van der Waals surface area contributed by atoms with Crippen LogP contribution in [0.2, 0.25) is 0 Å². The number of benzene rings is 1. The zero-order valence-corrected chi connectivity index (χ0v) is 14.6. The summed E-state index contributed by atoms with van der Waals surface area (Å²) in [5.41, 5.74) is 0.831. The van der Waals surface area contributed by atoms with Crippen LogP contribution >= 0.6 is 0 Å². The molecule has 0 aliphatic heterocycles. The Morgan fingerprint density at radius 2 is 1.80 bits per heavy atom. The zero-order chi connectivity index (χ0) is 18.4. The molecule has 0 N–H and O–H groups in total. The van der Waals surface area contributed by atoms with Crippen molar-refractivity contribution in [3.8, 4) is 6.01 Å². The number of ether oxygens (including phenoxy) is 1. The molecule has 4 nitrogen and oxygen atoms in total. The predicted octanol–water partition coefficient (Wildman–Crippen LogP) is 5.00. The van der Waals surface area contributed by atoms with Crippen LogP contribution in [0.5, 0.6) is 6.01 Å². The Hall–Kier alpha value is -2.31. The van der Waals surface area contributed by atoms with Crippen molar-refractivity contribution in [1.82, 2.24) is 9.97 Å². The maximum Gasteiger partial charge on any atom is 0.421 e. The van der Waals surface area contributed by atoms with Crippen molar-refractivity contribution in [1.29, 1.82) is 0 Å². The number of anilines is 2. The number of halogens is 3. The molecule has 0 atom stereocenters. The molecular formula is C18H22F3N3O. The van der Waals surface area contributed by atoms with Gasteiger partial charge in [-0.15, -0.1) is 0 Å². The summed E-state index contributed by atoms with van der Waals surface area (Å²) in [6, 6.07) is 7.28. The molecule has 0 aliphatic rings. The van der Waals surface area contributed by atoms with E-state index in [-0.39, 0.29) is 11.8 Å². The van der Waals surface area contributed by atoms with Gasteiger partial charge in [0.1, 0.15) is 5.56 Å². The van der Waals surface area contributed by atoms with Gasteiger partial charge in [0.25, 0.3) is 0 Å². The molecule has 0 spiro atoms. The van der Waals surface area contributed by atoms with Crippen molar-refractivity contribution in [3.05, 3.63) is 41.6 Å². The average molecular weight is 353 g/mol. The SMILES string of the molecule is CCCCOc1ncc(C(F)(F)F)c(N(C)c2ccc(CC)cc2)n1. The molecule has 25 heavy (non-hydrogen) atoms. The van der Waals surface area contributed by atoms with E-state index in [2.05, 4.69) is 9.97 Å². The third kappa shape index (κ3) is 4.84. The number of rotatable bonds is 7. The lowest BCUT2D eigenvalue weighted by Gasteiger charge is -2.22. The minimum absolute atomic E-state index is 0.0477. The third-order valence-corrected chi connectivity index (χ3v) is 3.83. The van der Waals surface area contributed by atoms with Gasteiger partial charge >= 0.3 is 12.2 Å². The third-order valence-electron chi connectivity index (χ3n) is 3.83. The van der Waals surface area contributed by atoms with Gasteiger partial charge in [0.05, 0.1) is 6.61 Å². The summed E-state index contributed by atoms with van der Waals surface area (Å²) >= 11 is 0. The number of unbranched alkanes of at least 4 members (excludes halogenated alkanes) is 1. The van der Waals surface area contributed by atoms with Crippen molar-refractivity contribution < 1.29 is 17.9 Å². The van der Waals surface area contributed by atoms with Crippen molar-refractivity contribution in [3.63, 3.8) is 0 Å². The average Bonchev–Trinajstić information content (AvgIpc) is 2.60. The molecule has 2 rings (SSSR count). The molecule has 0 saturated carbocycles. The summed E-state index contributed by atoms with van der Waals surface area (Å²) in [6.07, 6.45) is -1.21. The van der Waals surface area contributed by atoms with Gasteiger partial charge in [0.2, 0.25) is 0 Å². The normalized spacial score (nSPS) is 11.4. The molecule has 0 saturated heterocycles. The van der Waals surface area contributed by atoms with Crippen LogP contribution in [0.3, 0.4) is 0 Å². The largest absolute Gasteiger partial charge is 0.463 e. The molecule has 0 unspecified atom stereocenters. The van der Waals surface area contributed by atoms with Crippen LogP contribution in [0.15, 0.2) is 30.5 Å². The standard InChI is InChI=1S/C18H22F3N3O/c1-4-6-11-25-17-22-12-15(18(19,20)21)16(23-17)24(3)14-9-7-13(5-2)8-10-14/h7-10,12H,4-6,11H2,1-3H3. The van der Waals surface area contributed by atoms with E-state index in [0.29, 0.717) is 12.3 Å². The summed E-state index contributed by atoms with van der Waals surface area (Å²) in [5.74, 6) is -0.224. The van der Waals surface area contributed by atoms with Gasteiger partial charge in [-0.05, 0) is 30.5 Å². The van der Waals surface area contributed by atoms with Crippen LogP contribution < -0.4 is 9.64 Å². The van der Waals surface area contributed by atoms with Crippen LogP contribution in [0.4, 0.5) is 24.7 Å². The topological polar surface area (TPSA) is 38.2 Å². The molecule has 0 bridgehead atoms. The van der Waals surface area contributed by atoms with Crippen molar-refractivity contribution in [2.24, 2.45) is 0 Å². The van der Waals surface area contributed by atoms with Crippen LogP contribution in [-0.2, 0) is 12.6 Å². The lowest BCUT2D eigenvalue weighted by molar-refractivity contribution is -0.137. The monoisotopic (exact) mass is 353 g/mol. The minimum atomic E-state index is -4.55. The van der Waals surface area contributed by atoms with E-state index < -0.39 is 11.7 Å². The van der Waals surface area contributed by atoms with E-state index in [9.17, 15) is 13.2 Å². The van der Waals surface area contributed by atoms with Gasteiger partial charge in [-0.25, -0.2) is 4.98 Å². The van der Waals surface area contributed by atoms with Crippen LogP contribution in [0, 0.1) is 0 Å². The Morgan fingerprint density at radius 1 is 1.12 bits per heavy atom. The summed E-state index contributed by atoms with van der Waals surface area (Å²) in [5, 5.41) is 0. The summed E-state index contributed by atoms with van der Waals surface area (Å²) in [6.45, 7) is 4.39. The van der Waals surface area contributed by atoms with E-state index >= 15 is 0 Å². The molecule has 1 aromatic heterocycles. The van der Waals surface area contributed by atoms with E-state index in [1.54, 1.807) is 19.2 Å². The predicted molar refractivity (Wildman–Crippen MR) is 91.3 cm³/mol. The number of aromatic nitrogens is 2. The fourth-order valence-corrected chi connectivity index (χ4v) is 2.27. The molecule has 0 amide bonds. The fourth-order valence-electron chi connectivity index (χ4n) is 2.27. The van der Waals surface area contributed by atoms with Crippen molar-refractivity contribution in [2.75, 3.05) is 18.6 Å². The Balaban J connectivity index is 2.37. The van der Waals surface area contributed by atoms with E-state index in [1.165, 1.54) is 4.90 Å². The molecule has 7 heteroatoms. The second kappa shape index (κ2) is 8.18. The van der Waals surface area contributed by atoms with Gasteiger partial charge in [0, 0.05) is 18.9 Å². The van der Waals surface area contributed by atoms with E-state index in [0.717, 1.165) is 31.0 Å². The summed E-state index contributed by atoms with van der Waals surface area (Å²) in [7, 11) is 1.55. The Morgan fingerprint density at radius 3 is 2.36 bits per heavy atom. The maximum absolute atomic E-state index is 13.3. The molecule has 0 radical (unpaired) electrons. The summed E-state index contributed by atoms with van der Waals surface area (Å²) in [4.78, 5) is 9.10. The zero-order valence-electron chi connectivity index (χ0n) is 14.6. The number of nitrogens with zero attached hydrogens (tertiary/aromatic N) is 3. The first-order chi connectivity index (χ1) is 11.9. The first-order valence-corrected chi connectivity index (χ1v) is 8.26. The van der Waals surface area contributed by atoms with Gasteiger partial charge in [-0.3, -0.25) is 0 Å². The first-order valence-electron chi connectivity index (χ1n) is 8.26. The molecule has 2 aromatic rings. The van der Waals surface area contributed by atoms with E-state index in [4.69, 9.17) is 4.74 Å². The second-order valence-electron chi connectivity index (χ2n) is 5.67. The molecule has 0 aliphatic carbocycles. The molecule has 136 valence electrons. The number of alkyl halides is 3. The van der Waals surface area contributed by atoms with Gasteiger partial charge in [0.15, 0.2) is 5.82 Å². The highest BCUT2D eigenvalue weighted by atomic mass is 19.4. The van der Waals surface area contributed by atoms with Gasteiger partial charge in [-0.2, -0.15) is 18.2 Å². The first kappa shape index (κ1) is 19.0. The number of hydrogen-bond acceptors (Lipinski definition) is 4. The smallest absolute Gasteiger partial charge is 0.421 e. The maximum atomic E-state index is 13.3. The summed E-state index contributed by atoms with van der Waals surface area (Å²) < 4.78 is 45.4.